The predicted molar refractivity (Wildman–Crippen MR) is 74.4 cm³/mol. The van der Waals surface area contributed by atoms with Crippen molar-refractivity contribution in [3.8, 4) is 0 Å². The van der Waals surface area contributed by atoms with E-state index >= 15 is 0 Å². The molecule has 2 rings (SSSR count). The van der Waals surface area contributed by atoms with Crippen molar-refractivity contribution in [2.75, 3.05) is 5.73 Å². The standard InChI is InChI=1S/C16H17NO/c1-12-7-8-14(11-16(12)17)10-15(18)9-13-5-3-2-4-6-13/h2-8,11H,9-10,17H2,1H3. The van der Waals surface area contributed by atoms with Crippen LogP contribution in [0.4, 0.5) is 5.69 Å². The van der Waals surface area contributed by atoms with E-state index in [-0.39, 0.29) is 5.78 Å². The molecule has 0 aromatic heterocycles. The number of nitrogens with two attached hydrogens (primary N) is 1. The summed E-state index contributed by atoms with van der Waals surface area (Å²) in [5.41, 5.74) is 9.68. The maximum Gasteiger partial charge on any atom is 0.141 e. The van der Waals surface area contributed by atoms with Gasteiger partial charge >= 0.3 is 0 Å². The van der Waals surface area contributed by atoms with Crippen molar-refractivity contribution in [1.82, 2.24) is 0 Å². The quantitative estimate of drug-likeness (QED) is 0.834. The highest BCUT2D eigenvalue weighted by molar-refractivity contribution is 5.83. The van der Waals surface area contributed by atoms with Crippen molar-refractivity contribution in [3.63, 3.8) is 0 Å². The molecule has 0 radical (unpaired) electrons. The van der Waals surface area contributed by atoms with Crippen molar-refractivity contribution in [1.29, 1.82) is 0 Å². The molecule has 2 aromatic carbocycles. The Balaban J connectivity index is 2.01. The number of nitrogen functional groups attached to an aromatic ring is 1. The highest BCUT2D eigenvalue weighted by atomic mass is 16.1. The molecule has 0 aliphatic heterocycles. The van der Waals surface area contributed by atoms with Crippen LogP contribution >= 0.6 is 0 Å². The molecule has 0 saturated heterocycles. The molecule has 0 saturated carbocycles. The molecule has 0 heterocycles. The second-order valence-corrected chi connectivity index (χ2v) is 4.57. The van der Waals surface area contributed by atoms with Crippen LogP contribution in [0.3, 0.4) is 0 Å². The number of Topliss-reactive ketones (excluding diaryl/α,β-unsaturated/α-hetero) is 1. The monoisotopic (exact) mass is 239 g/mol. The van der Waals surface area contributed by atoms with Gasteiger partial charge in [0.1, 0.15) is 5.78 Å². The molecule has 2 aromatic rings. The summed E-state index contributed by atoms with van der Waals surface area (Å²) in [6.45, 7) is 1.96. The molecule has 2 heteroatoms. The van der Waals surface area contributed by atoms with E-state index in [2.05, 4.69) is 0 Å². The lowest BCUT2D eigenvalue weighted by atomic mass is 10.0. The van der Waals surface area contributed by atoms with Gasteiger partial charge in [-0.05, 0) is 29.7 Å². The summed E-state index contributed by atoms with van der Waals surface area (Å²) >= 11 is 0. The SMILES string of the molecule is Cc1ccc(CC(=O)Cc2ccccc2)cc1N. The Bertz CT molecular complexity index is 546. The molecule has 92 valence electrons. The smallest absolute Gasteiger partial charge is 0.141 e. The molecule has 0 atom stereocenters. The molecule has 2 N–H and O–H groups in total. The zero-order valence-corrected chi connectivity index (χ0v) is 10.5. The Morgan fingerprint density at radius 3 is 2.33 bits per heavy atom. The minimum absolute atomic E-state index is 0.212. The molecular weight excluding hydrogens is 222 g/mol. The van der Waals surface area contributed by atoms with E-state index in [1.54, 1.807) is 0 Å². The van der Waals surface area contributed by atoms with Crippen LogP contribution in [0.5, 0.6) is 0 Å². The number of carbonyl (C=O) groups is 1. The van der Waals surface area contributed by atoms with E-state index in [1.807, 2.05) is 55.5 Å². The van der Waals surface area contributed by atoms with E-state index in [0.717, 1.165) is 22.4 Å². The van der Waals surface area contributed by atoms with Gasteiger partial charge in [0.15, 0.2) is 0 Å². The third-order valence-corrected chi connectivity index (χ3v) is 2.99. The van der Waals surface area contributed by atoms with Crippen molar-refractivity contribution in [3.05, 3.63) is 65.2 Å². The number of rotatable bonds is 4. The maximum absolute atomic E-state index is 11.9. The van der Waals surface area contributed by atoms with Crippen molar-refractivity contribution in [2.24, 2.45) is 0 Å². The summed E-state index contributed by atoms with van der Waals surface area (Å²) in [4.78, 5) is 11.9. The Morgan fingerprint density at radius 2 is 1.67 bits per heavy atom. The van der Waals surface area contributed by atoms with Gasteiger partial charge in [0.25, 0.3) is 0 Å². The Kier molecular flexibility index (Phi) is 3.78. The van der Waals surface area contributed by atoms with Crippen molar-refractivity contribution >= 4 is 11.5 Å². The number of aryl methyl sites for hydroxylation is 1. The molecule has 0 aliphatic rings. The first-order chi connectivity index (χ1) is 8.65. The third-order valence-electron chi connectivity index (χ3n) is 2.99. The number of anilines is 1. The molecule has 0 aliphatic carbocycles. The first-order valence-electron chi connectivity index (χ1n) is 6.06. The molecule has 2 nitrogen and oxygen atoms in total. The van der Waals surface area contributed by atoms with Crippen LogP contribution in [0.2, 0.25) is 0 Å². The fourth-order valence-electron chi connectivity index (χ4n) is 1.91. The highest BCUT2D eigenvalue weighted by Crippen LogP contribution is 2.14. The number of hydrogen-bond donors (Lipinski definition) is 1. The Hall–Kier alpha value is -2.09. The zero-order chi connectivity index (χ0) is 13.0. The molecular formula is C16H17NO. The summed E-state index contributed by atoms with van der Waals surface area (Å²) in [6.07, 6.45) is 0.925. The van der Waals surface area contributed by atoms with Crippen LogP contribution in [0.25, 0.3) is 0 Å². The lowest BCUT2D eigenvalue weighted by Gasteiger charge is -2.05. The van der Waals surface area contributed by atoms with Crippen molar-refractivity contribution < 1.29 is 4.79 Å². The van der Waals surface area contributed by atoms with Gasteiger partial charge in [0.05, 0.1) is 0 Å². The fourth-order valence-corrected chi connectivity index (χ4v) is 1.91. The predicted octanol–water partition coefficient (Wildman–Crippen LogP) is 2.93. The lowest BCUT2D eigenvalue weighted by molar-refractivity contribution is -0.117. The second-order valence-electron chi connectivity index (χ2n) is 4.57. The summed E-state index contributed by atoms with van der Waals surface area (Å²) in [7, 11) is 0. The average Bonchev–Trinajstić information content (AvgIpc) is 2.35. The van der Waals surface area contributed by atoms with Crippen LogP contribution in [0.15, 0.2) is 48.5 Å². The largest absolute Gasteiger partial charge is 0.399 e. The van der Waals surface area contributed by atoms with Crippen molar-refractivity contribution in [2.45, 2.75) is 19.8 Å². The number of ketones is 1. The minimum atomic E-state index is 0.212. The fraction of sp³-hybridized carbons (Fsp3) is 0.188. The molecule has 18 heavy (non-hydrogen) atoms. The Morgan fingerprint density at radius 1 is 1.00 bits per heavy atom. The number of carbonyl (C=O) groups excluding carboxylic acids is 1. The summed E-state index contributed by atoms with van der Waals surface area (Å²) in [5, 5.41) is 0. The second kappa shape index (κ2) is 5.50. The summed E-state index contributed by atoms with van der Waals surface area (Å²) in [6, 6.07) is 15.6. The minimum Gasteiger partial charge on any atom is -0.399 e. The normalized spacial score (nSPS) is 10.3. The molecule has 0 bridgehead atoms. The van der Waals surface area contributed by atoms with Gasteiger partial charge in [-0.2, -0.15) is 0 Å². The third kappa shape index (κ3) is 3.20. The first-order valence-corrected chi connectivity index (χ1v) is 6.06. The van der Waals surface area contributed by atoms with E-state index < -0.39 is 0 Å². The van der Waals surface area contributed by atoms with E-state index in [1.165, 1.54) is 0 Å². The van der Waals surface area contributed by atoms with E-state index in [4.69, 9.17) is 5.73 Å². The van der Waals surface area contributed by atoms with Gasteiger partial charge in [-0.25, -0.2) is 0 Å². The van der Waals surface area contributed by atoms with Crippen LogP contribution in [-0.2, 0) is 17.6 Å². The van der Waals surface area contributed by atoms with Gasteiger partial charge in [-0.3, -0.25) is 4.79 Å². The lowest BCUT2D eigenvalue weighted by Crippen LogP contribution is -2.07. The molecule has 0 fully saturated rings. The van der Waals surface area contributed by atoms with Gasteiger partial charge in [0.2, 0.25) is 0 Å². The summed E-state index contributed by atoms with van der Waals surface area (Å²) in [5.74, 6) is 0.212. The highest BCUT2D eigenvalue weighted by Gasteiger charge is 2.06. The Labute approximate surface area is 107 Å². The van der Waals surface area contributed by atoms with E-state index in [0.29, 0.717) is 12.8 Å². The zero-order valence-electron chi connectivity index (χ0n) is 10.5. The number of hydrogen-bond acceptors (Lipinski definition) is 2. The van der Waals surface area contributed by atoms with Crippen LogP contribution in [0, 0.1) is 6.92 Å². The number of benzene rings is 2. The van der Waals surface area contributed by atoms with Crippen LogP contribution < -0.4 is 5.73 Å². The van der Waals surface area contributed by atoms with E-state index in [9.17, 15) is 4.79 Å². The van der Waals surface area contributed by atoms with Gasteiger partial charge in [-0.15, -0.1) is 0 Å². The molecule has 0 amide bonds. The summed E-state index contributed by atoms with van der Waals surface area (Å²) < 4.78 is 0. The van der Waals surface area contributed by atoms with Gasteiger partial charge in [-0.1, -0.05) is 42.5 Å². The molecule has 0 spiro atoms. The van der Waals surface area contributed by atoms with Crippen LogP contribution in [0.1, 0.15) is 16.7 Å². The van der Waals surface area contributed by atoms with Crippen LogP contribution in [-0.4, -0.2) is 5.78 Å². The van der Waals surface area contributed by atoms with Gasteiger partial charge in [0, 0.05) is 18.5 Å². The maximum atomic E-state index is 11.9. The molecule has 0 unspecified atom stereocenters. The topological polar surface area (TPSA) is 43.1 Å². The van der Waals surface area contributed by atoms with Gasteiger partial charge < -0.3 is 5.73 Å². The average molecular weight is 239 g/mol. The first kappa shape index (κ1) is 12.4.